The van der Waals surface area contributed by atoms with Crippen LogP contribution in [0.5, 0.6) is 5.88 Å². The van der Waals surface area contributed by atoms with Gasteiger partial charge in [-0.15, -0.1) is 0 Å². The molecule has 2 saturated heterocycles. The number of anilines is 1. The molecule has 2 aromatic heterocycles. The molecular formula is C46H34N6O7. The number of Topliss-reactive ketones (excluding diaryl/α,β-unsaturated/α-hetero) is 1. The maximum atomic E-state index is 14.3. The molecule has 0 saturated carbocycles. The number of aromatic nitrogens is 3. The molecule has 0 bridgehead atoms. The summed E-state index contributed by atoms with van der Waals surface area (Å²) in [6.07, 6.45) is 0. The van der Waals surface area contributed by atoms with Crippen LogP contribution in [0.4, 0.5) is 11.4 Å². The number of carboxylic acid groups (broad SMARTS) is 1. The Kier molecular flexibility index (Phi) is 7.91. The summed E-state index contributed by atoms with van der Waals surface area (Å²) in [6, 6.07) is 34.6. The number of carbonyl (C=O) groups excluding carboxylic acids is 3. The van der Waals surface area contributed by atoms with E-state index in [2.05, 4.69) is 15.3 Å². The third-order valence-electron chi connectivity index (χ3n) is 11.9. The Bertz CT molecular complexity index is 3070. The topological polar surface area (TPSA) is 187 Å². The van der Waals surface area contributed by atoms with Gasteiger partial charge in [0.2, 0.25) is 17.6 Å². The fraction of sp³-hybridized carbons (Fsp3) is 0.152. The van der Waals surface area contributed by atoms with Crippen LogP contribution in [0.1, 0.15) is 51.5 Å². The van der Waals surface area contributed by atoms with Crippen LogP contribution in [-0.2, 0) is 15.1 Å². The average molecular weight is 783 g/mol. The summed E-state index contributed by atoms with van der Waals surface area (Å²) in [4.78, 5) is 79.4. The lowest BCUT2D eigenvalue weighted by atomic mass is 9.75. The first-order valence-corrected chi connectivity index (χ1v) is 19.1. The number of fused-ring (bicyclic) bond motifs is 10. The van der Waals surface area contributed by atoms with Crippen LogP contribution >= 0.6 is 0 Å². The van der Waals surface area contributed by atoms with Crippen molar-refractivity contribution in [2.24, 2.45) is 22.7 Å². The Balaban J connectivity index is 0.000000176. The minimum absolute atomic E-state index is 0.0173. The standard InChI is InChI=1S/C30H24N4O5.C16H10N2O2/c1-15(2)24-22-23(27(37)33(26(22)36)17-13-11-16(12-14-17)28(38)39)30(32-24)19-8-4-6-10-21(19)34-25(35)18-7-3-5-9-20(18)31-29(30)34;19-15-10-6-2-4-8-12(10)17-14(15)13-9-5-1-3-7-11(9)18-16(13)20/h3-15,22-24,32H,1-2H3,(H,38,39);1-8,18,20H/t22-,23-,24?,30?;/m1./s1. The lowest BCUT2D eigenvalue weighted by molar-refractivity contribution is -0.123. The summed E-state index contributed by atoms with van der Waals surface area (Å²) in [5, 5.41) is 24.3. The first-order chi connectivity index (χ1) is 28.5. The molecule has 13 nitrogen and oxygen atoms in total. The predicted octanol–water partition coefficient (Wildman–Crippen LogP) is 6.27. The minimum atomic E-state index is -1.21. The van der Waals surface area contributed by atoms with E-state index < -0.39 is 29.3 Å². The molecule has 4 atom stereocenters. The second-order valence-corrected chi connectivity index (χ2v) is 15.4. The van der Waals surface area contributed by atoms with Crippen LogP contribution in [-0.4, -0.2) is 60.1 Å². The van der Waals surface area contributed by atoms with Gasteiger partial charge in [-0.1, -0.05) is 74.5 Å². The van der Waals surface area contributed by atoms with E-state index in [4.69, 9.17) is 4.98 Å². The Morgan fingerprint density at radius 2 is 1.47 bits per heavy atom. The second-order valence-electron chi connectivity index (χ2n) is 15.4. The Morgan fingerprint density at radius 1 is 0.797 bits per heavy atom. The highest BCUT2D eigenvalue weighted by Crippen LogP contribution is 2.56. The number of carboxylic acids is 1. The number of imide groups is 1. The van der Waals surface area contributed by atoms with Crippen LogP contribution in [0.3, 0.4) is 0 Å². The van der Waals surface area contributed by atoms with Gasteiger partial charge in [0.05, 0.1) is 50.9 Å². The highest BCUT2D eigenvalue weighted by molar-refractivity contribution is 6.56. The number of aromatic carboxylic acids is 1. The highest BCUT2D eigenvalue weighted by atomic mass is 16.4. The van der Waals surface area contributed by atoms with E-state index in [1.807, 2.05) is 80.6 Å². The summed E-state index contributed by atoms with van der Waals surface area (Å²) in [7, 11) is 0. The van der Waals surface area contributed by atoms with Crippen molar-refractivity contribution in [1.82, 2.24) is 19.9 Å². The van der Waals surface area contributed by atoms with Gasteiger partial charge in [0, 0.05) is 28.1 Å². The fourth-order valence-corrected chi connectivity index (χ4v) is 9.33. The van der Waals surface area contributed by atoms with Crippen LogP contribution < -0.4 is 15.8 Å². The van der Waals surface area contributed by atoms with E-state index in [0.29, 0.717) is 50.6 Å². The number of ketones is 1. The lowest BCUT2D eigenvalue weighted by Gasteiger charge is -2.32. The van der Waals surface area contributed by atoms with E-state index >= 15 is 0 Å². The smallest absolute Gasteiger partial charge is 0.335 e. The molecule has 4 aliphatic rings. The molecule has 7 aromatic rings. The monoisotopic (exact) mass is 782 g/mol. The highest BCUT2D eigenvalue weighted by Gasteiger charge is 2.70. The van der Waals surface area contributed by atoms with Crippen molar-refractivity contribution in [2.75, 3.05) is 4.90 Å². The first-order valence-electron chi connectivity index (χ1n) is 19.1. The van der Waals surface area contributed by atoms with Gasteiger partial charge < -0.3 is 15.2 Å². The van der Waals surface area contributed by atoms with Gasteiger partial charge in [-0.3, -0.25) is 29.1 Å². The number of aromatic amines is 1. The Labute approximate surface area is 335 Å². The van der Waals surface area contributed by atoms with Crippen molar-refractivity contribution in [2.45, 2.75) is 25.4 Å². The molecule has 5 aromatic carbocycles. The number of benzene rings is 5. The molecule has 6 heterocycles. The van der Waals surface area contributed by atoms with Crippen molar-refractivity contribution in [1.29, 1.82) is 0 Å². The second kappa shape index (κ2) is 13.0. The number of rotatable bonds is 4. The summed E-state index contributed by atoms with van der Waals surface area (Å²) in [6.45, 7) is 4.00. The van der Waals surface area contributed by atoms with Gasteiger partial charge in [0.1, 0.15) is 17.1 Å². The SMILES string of the molecule is CC(C)C1NC2(c3ccccc3-n3c2nc2ccccc2c3=O)[C@H]2C(=O)N(c3ccc(C(=O)O)cc3)C(=O)[C@@H]12.O=C1C(c2c(O)[nH]c3ccccc23)=Nc2ccccc21. The van der Waals surface area contributed by atoms with Crippen LogP contribution in [0.2, 0.25) is 0 Å². The van der Waals surface area contributed by atoms with Gasteiger partial charge in [-0.25, -0.2) is 19.7 Å². The molecular weight excluding hydrogens is 749 g/mol. The summed E-state index contributed by atoms with van der Waals surface area (Å²) >= 11 is 0. The number of nitrogens with one attached hydrogen (secondary N) is 2. The van der Waals surface area contributed by atoms with Gasteiger partial charge in [-0.2, -0.15) is 0 Å². The molecule has 11 rings (SSSR count). The van der Waals surface area contributed by atoms with E-state index in [-0.39, 0.29) is 40.7 Å². The number of aromatic hydroxyl groups is 1. The van der Waals surface area contributed by atoms with Gasteiger partial charge in [0.15, 0.2) is 5.88 Å². The number of para-hydroxylation sites is 4. The molecule has 290 valence electrons. The zero-order chi connectivity index (χ0) is 40.9. The molecule has 4 N–H and O–H groups in total. The Hall–Kier alpha value is -7.51. The molecule has 0 aliphatic carbocycles. The minimum Gasteiger partial charge on any atom is -0.494 e. The molecule has 4 aliphatic heterocycles. The van der Waals surface area contributed by atoms with E-state index in [9.17, 15) is 34.2 Å². The van der Waals surface area contributed by atoms with E-state index in [0.717, 1.165) is 16.5 Å². The van der Waals surface area contributed by atoms with Gasteiger partial charge in [-0.05, 0) is 66.6 Å². The molecule has 2 fully saturated rings. The molecule has 1 spiro atoms. The maximum Gasteiger partial charge on any atom is 0.335 e. The molecule has 59 heavy (non-hydrogen) atoms. The molecule has 0 radical (unpaired) electrons. The van der Waals surface area contributed by atoms with Crippen LogP contribution in [0, 0.1) is 17.8 Å². The average Bonchev–Trinajstić information content (AvgIpc) is 4.01. The summed E-state index contributed by atoms with van der Waals surface area (Å²) in [5.74, 6) is -3.22. The number of aliphatic imine (C=N–C) groups is 1. The number of carbonyl (C=O) groups is 4. The third-order valence-corrected chi connectivity index (χ3v) is 11.9. The van der Waals surface area contributed by atoms with Crippen LogP contribution in [0.15, 0.2) is 131 Å². The van der Waals surface area contributed by atoms with Gasteiger partial charge in [0.25, 0.3) is 5.56 Å². The van der Waals surface area contributed by atoms with Crippen molar-refractivity contribution >= 4 is 62.5 Å². The largest absolute Gasteiger partial charge is 0.494 e. The quantitative estimate of drug-likeness (QED) is 0.149. The molecule has 2 unspecified atom stereocenters. The number of H-pyrrole nitrogens is 1. The third kappa shape index (κ3) is 5.04. The number of hydrogen-bond acceptors (Lipinski definition) is 9. The number of nitrogens with zero attached hydrogens (tertiary/aromatic N) is 4. The zero-order valence-electron chi connectivity index (χ0n) is 31.6. The summed E-state index contributed by atoms with van der Waals surface area (Å²) < 4.78 is 1.58. The van der Waals surface area contributed by atoms with Crippen molar-refractivity contribution in [3.8, 4) is 11.6 Å². The predicted molar refractivity (Wildman–Crippen MR) is 220 cm³/mol. The zero-order valence-corrected chi connectivity index (χ0v) is 31.6. The first kappa shape index (κ1) is 35.9. The molecule has 13 heteroatoms. The Morgan fingerprint density at radius 3 is 2.22 bits per heavy atom. The maximum absolute atomic E-state index is 14.3. The number of amides is 2. The fourth-order valence-electron chi connectivity index (χ4n) is 9.33. The molecule has 2 amide bonds. The van der Waals surface area contributed by atoms with E-state index in [1.54, 1.807) is 34.9 Å². The van der Waals surface area contributed by atoms with Crippen molar-refractivity contribution < 1.29 is 29.4 Å². The van der Waals surface area contributed by atoms with Crippen molar-refractivity contribution in [3.05, 3.63) is 160 Å². The summed E-state index contributed by atoms with van der Waals surface area (Å²) in [5.41, 5.74) is 3.60. The lowest BCUT2D eigenvalue weighted by Crippen LogP contribution is -2.51. The van der Waals surface area contributed by atoms with Gasteiger partial charge >= 0.3 is 5.97 Å². The van der Waals surface area contributed by atoms with Crippen LogP contribution in [0.25, 0.3) is 27.5 Å². The van der Waals surface area contributed by atoms with Crippen molar-refractivity contribution in [3.63, 3.8) is 0 Å². The van der Waals surface area contributed by atoms with E-state index in [1.165, 1.54) is 29.2 Å². The normalized spacial score (nSPS) is 21.1. The number of hydrogen-bond donors (Lipinski definition) is 4.